The van der Waals surface area contributed by atoms with Crippen molar-refractivity contribution in [1.29, 1.82) is 0 Å². The van der Waals surface area contributed by atoms with Crippen LogP contribution < -0.4 is 9.62 Å². The summed E-state index contributed by atoms with van der Waals surface area (Å²) in [6, 6.07) is 14.9. The number of carbonyl (C=O) groups is 1. The summed E-state index contributed by atoms with van der Waals surface area (Å²) in [5, 5.41) is 4.95. The van der Waals surface area contributed by atoms with Gasteiger partial charge in [0.05, 0.1) is 10.6 Å². The van der Waals surface area contributed by atoms with Crippen LogP contribution in [0.15, 0.2) is 64.9 Å². The number of benzene rings is 2. The van der Waals surface area contributed by atoms with E-state index in [1.54, 1.807) is 17.5 Å². The van der Waals surface area contributed by atoms with Crippen LogP contribution in [0.3, 0.4) is 0 Å². The Kier molecular flexibility index (Phi) is 5.55. The summed E-state index contributed by atoms with van der Waals surface area (Å²) in [6.07, 6.45) is 0. The molecule has 5 nitrogen and oxygen atoms in total. The summed E-state index contributed by atoms with van der Waals surface area (Å²) in [7, 11) is -2.39. The standard InChI is InChI=1S/C19H17ClN2O3S2/c1-13-4-3-5-15(12-13)21-19(23)18-17(10-11-26-18)22(2)27(24,25)16-8-6-14(20)7-9-16/h3-12H,1-2H3,(H,21,23). The molecule has 0 bridgehead atoms. The molecule has 140 valence electrons. The number of hydrogen-bond donors (Lipinski definition) is 1. The fraction of sp³-hybridized carbons (Fsp3) is 0.105. The number of halogens is 1. The molecule has 0 aliphatic rings. The van der Waals surface area contributed by atoms with Gasteiger partial charge < -0.3 is 5.32 Å². The lowest BCUT2D eigenvalue weighted by atomic mass is 10.2. The molecule has 0 aliphatic heterocycles. The van der Waals surface area contributed by atoms with Crippen LogP contribution in [0, 0.1) is 6.92 Å². The second kappa shape index (κ2) is 7.72. The fourth-order valence-electron chi connectivity index (χ4n) is 2.53. The maximum Gasteiger partial charge on any atom is 0.267 e. The third-order valence-corrected chi connectivity index (χ3v) is 6.88. The number of rotatable bonds is 5. The van der Waals surface area contributed by atoms with Crippen LogP contribution in [-0.2, 0) is 10.0 Å². The first-order valence-corrected chi connectivity index (χ1v) is 10.7. The minimum absolute atomic E-state index is 0.102. The molecule has 0 fully saturated rings. The smallest absolute Gasteiger partial charge is 0.267 e. The largest absolute Gasteiger partial charge is 0.321 e. The summed E-state index contributed by atoms with van der Waals surface area (Å²) in [6.45, 7) is 1.93. The number of sulfonamides is 1. The van der Waals surface area contributed by atoms with E-state index < -0.39 is 10.0 Å². The Hall–Kier alpha value is -2.35. The van der Waals surface area contributed by atoms with Crippen LogP contribution in [0.25, 0.3) is 0 Å². The van der Waals surface area contributed by atoms with Gasteiger partial charge in [0.15, 0.2) is 0 Å². The van der Waals surface area contributed by atoms with Crippen molar-refractivity contribution < 1.29 is 13.2 Å². The highest BCUT2D eigenvalue weighted by Gasteiger charge is 2.26. The zero-order valence-electron chi connectivity index (χ0n) is 14.6. The highest BCUT2D eigenvalue weighted by molar-refractivity contribution is 7.92. The molecule has 1 heterocycles. The van der Waals surface area contributed by atoms with E-state index >= 15 is 0 Å². The van der Waals surface area contributed by atoms with E-state index in [0.717, 1.165) is 9.87 Å². The van der Waals surface area contributed by atoms with Crippen LogP contribution >= 0.6 is 22.9 Å². The van der Waals surface area contributed by atoms with Gasteiger partial charge in [-0.05, 0) is 60.3 Å². The number of aryl methyl sites for hydroxylation is 1. The van der Waals surface area contributed by atoms with Gasteiger partial charge in [0.1, 0.15) is 4.88 Å². The topological polar surface area (TPSA) is 66.5 Å². The molecule has 0 atom stereocenters. The molecular formula is C19H17ClN2O3S2. The van der Waals surface area contributed by atoms with Crippen molar-refractivity contribution in [3.8, 4) is 0 Å². The SMILES string of the molecule is Cc1cccc(NC(=O)c2sccc2N(C)S(=O)(=O)c2ccc(Cl)cc2)c1. The zero-order chi connectivity index (χ0) is 19.6. The van der Waals surface area contributed by atoms with Crippen LogP contribution in [-0.4, -0.2) is 21.4 Å². The average Bonchev–Trinajstić information content (AvgIpc) is 3.11. The minimum Gasteiger partial charge on any atom is -0.321 e. The predicted octanol–water partition coefficient (Wildman–Crippen LogP) is 4.79. The van der Waals surface area contributed by atoms with Crippen molar-refractivity contribution >= 4 is 50.2 Å². The lowest BCUT2D eigenvalue weighted by Gasteiger charge is -2.20. The average molecular weight is 421 g/mol. The molecule has 0 saturated carbocycles. The molecule has 1 aromatic heterocycles. The molecule has 1 amide bonds. The van der Waals surface area contributed by atoms with E-state index in [0.29, 0.717) is 21.3 Å². The van der Waals surface area contributed by atoms with Gasteiger partial charge in [0, 0.05) is 17.8 Å². The molecule has 8 heteroatoms. The monoisotopic (exact) mass is 420 g/mol. The highest BCUT2D eigenvalue weighted by Crippen LogP contribution is 2.31. The zero-order valence-corrected chi connectivity index (χ0v) is 17.0. The van der Waals surface area contributed by atoms with E-state index in [1.807, 2.05) is 25.1 Å². The Morgan fingerprint density at radius 1 is 1.11 bits per heavy atom. The number of nitrogens with zero attached hydrogens (tertiary/aromatic N) is 1. The van der Waals surface area contributed by atoms with Gasteiger partial charge in [-0.3, -0.25) is 9.10 Å². The van der Waals surface area contributed by atoms with Crippen molar-refractivity contribution in [3.05, 3.63) is 75.4 Å². The van der Waals surface area contributed by atoms with Crippen molar-refractivity contribution in [2.75, 3.05) is 16.7 Å². The molecule has 3 rings (SSSR count). The first-order valence-electron chi connectivity index (χ1n) is 7.99. The fourth-order valence-corrected chi connectivity index (χ4v) is 4.73. The number of amides is 1. The second-order valence-electron chi connectivity index (χ2n) is 5.89. The molecule has 0 saturated heterocycles. The maximum absolute atomic E-state index is 12.9. The van der Waals surface area contributed by atoms with Crippen LogP contribution in [0.2, 0.25) is 5.02 Å². The molecule has 0 radical (unpaired) electrons. The van der Waals surface area contributed by atoms with E-state index in [9.17, 15) is 13.2 Å². The molecule has 27 heavy (non-hydrogen) atoms. The van der Waals surface area contributed by atoms with Gasteiger partial charge in [-0.1, -0.05) is 23.7 Å². The normalized spacial score (nSPS) is 11.2. The van der Waals surface area contributed by atoms with E-state index in [-0.39, 0.29) is 10.8 Å². The summed E-state index contributed by atoms with van der Waals surface area (Å²) in [5.41, 5.74) is 1.99. The molecule has 0 unspecified atom stereocenters. The Balaban J connectivity index is 1.89. The molecule has 1 N–H and O–H groups in total. The molecule has 0 aliphatic carbocycles. The summed E-state index contributed by atoms with van der Waals surface area (Å²) in [4.78, 5) is 13.1. The summed E-state index contributed by atoms with van der Waals surface area (Å²) >= 11 is 7.02. The van der Waals surface area contributed by atoms with Gasteiger partial charge in [-0.15, -0.1) is 11.3 Å². The summed E-state index contributed by atoms with van der Waals surface area (Å²) in [5.74, 6) is -0.358. The first-order chi connectivity index (χ1) is 12.8. The number of hydrogen-bond acceptors (Lipinski definition) is 4. The van der Waals surface area contributed by atoms with E-state index in [1.165, 1.54) is 42.6 Å². The molecular weight excluding hydrogens is 404 g/mol. The third kappa shape index (κ3) is 4.16. The Morgan fingerprint density at radius 3 is 2.48 bits per heavy atom. The van der Waals surface area contributed by atoms with Gasteiger partial charge >= 0.3 is 0 Å². The minimum atomic E-state index is -3.81. The van der Waals surface area contributed by atoms with Crippen molar-refractivity contribution in [2.45, 2.75) is 11.8 Å². The quantitative estimate of drug-likeness (QED) is 0.645. The van der Waals surface area contributed by atoms with Crippen LogP contribution in [0.1, 0.15) is 15.2 Å². The van der Waals surface area contributed by atoms with Crippen molar-refractivity contribution in [1.82, 2.24) is 0 Å². The number of nitrogens with one attached hydrogen (secondary N) is 1. The molecule has 2 aromatic carbocycles. The lowest BCUT2D eigenvalue weighted by molar-refractivity contribution is 0.103. The molecule has 0 spiro atoms. The van der Waals surface area contributed by atoms with Crippen LogP contribution in [0.5, 0.6) is 0 Å². The van der Waals surface area contributed by atoms with Gasteiger partial charge in [0.2, 0.25) is 0 Å². The van der Waals surface area contributed by atoms with Crippen LogP contribution in [0.4, 0.5) is 11.4 Å². The first kappa shape index (κ1) is 19.4. The number of anilines is 2. The predicted molar refractivity (Wildman–Crippen MR) is 110 cm³/mol. The molecule has 3 aromatic rings. The summed E-state index contributed by atoms with van der Waals surface area (Å²) < 4.78 is 26.9. The lowest BCUT2D eigenvalue weighted by Crippen LogP contribution is -2.28. The van der Waals surface area contributed by atoms with Gasteiger partial charge in [0.25, 0.3) is 15.9 Å². The Labute approximate surface area is 167 Å². The number of carbonyl (C=O) groups excluding carboxylic acids is 1. The highest BCUT2D eigenvalue weighted by atomic mass is 35.5. The van der Waals surface area contributed by atoms with Gasteiger partial charge in [-0.2, -0.15) is 0 Å². The Morgan fingerprint density at radius 2 is 1.81 bits per heavy atom. The second-order valence-corrected chi connectivity index (χ2v) is 9.21. The van der Waals surface area contributed by atoms with Crippen molar-refractivity contribution in [3.63, 3.8) is 0 Å². The third-order valence-electron chi connectivity index (χ3n) is 3.94. The Bertz CT molecular complexity index is 1080. The maximum atomic E-state index is 12.9. The van der Waals surface area contributed by atoms with E-state index in [2.05, 4.69) is 5.32 Å². The van der Waals surface area contributed by atoms with E-state index in [4.69, 9.17) is 11.6 Å². The van der Waals surface area contributed by atoms with Gasteiger partial charge in [-0.25, -0.2) is 8.42 Å². The van der Waals surface area contributed by atoms with Crippen molar-refractivity contribution in [2.24, 2.45) is 0 Å². The number of thiophene rings is 1.